The summed E-state index contributed by atoms with van der Waals surface area (Å²) in [7, 11) is 0. The number of nitrogens with zero attached hydrogens (tertiary/aromatic N) is 4. The van der Waals surface area contributed by atoms with Crippen LogP contribution in [-0.2, 0) is 15.0 Å². The van der Waals surface area contributed by atoms with Gasteiger partial charge >= 0.3 is 0 Å². The van der Waals surface area contributed by atoms with E-state index in [1.165, 1.54) is 101 Å². The molecule has 4 aromatic rings. The Labute approximate surface area is 328 Å². The number of piperidine rings is 3. The molecule has 2 amide bonds. The number of benzene rings is 3. The van der Waals surface area contributed by atoms with Crippen LogP contribution in [0, 0.1) is 5.92 Å². The summed E-state index contributed by atoms with van der Waals surface area (Å²) < 4.78 is 2.15. The van der Waals surface area contributed by atoms with Crippen molar-refractivity contribution in [2.75, 3.05) is 38.0 Å². The molecule has 3 saturated heterocycles. The van der Waals surface area contributed by atoms with Crippen molar-refractivity contribution in [3.8, 4) is 5.69 Å². The van der Waals surface area contributed by atoms with E-state index in [2.05, 4.69) is 86.3 Å². The van der Waals surface area contributed by atoms with Gasteiger partial charge in [-0.15, -0.1) is 0 Å². The van der Waals surface area contributed by atoms with Crippen molar-refractivity contribution in [1.82, 2.24) is 24.7 Å². The highest BCUT2D eigenvalue weighted by molar-refractivity contribution is 6.35. The predicted octanol–water partition coefficient (Wildman–Crippen LogP) is 7.51. The number of imide groups is 1. The van der Waals surface area contributed by atoms with Crippen LogP contribution in [-0.4, -0.2) is 76.0 Å². The summed E-state index contributed by atoms with van der Waals surface area (Å²) in [5, 5.41) is 6.67. The first kappa shape index (κ1) is 36.6. The fourth-order valence-electron chi connectivity index (χ4n) is 10.5. The van der Waals surface area contributed by atoms with Crippen LogP contribution in [0.25, 0.3) is 16.6 Å². The smallest absolute Gasteiger partial charge is 0.282 e. The van der Waals surface area contributed by atoms with Gasteiger partial charge in [-0.3, -0.25) is 24.3 Å². The molecule has 1 unspecified atom stereocenters. The number of fused-ring (bicyclic) bond motifs is 5. The zero-order valence-corrected chi connectivity index (χ0v) is 32.9. The van der Waals surface area contributed by atoms with E-state index < -0.39 is 0 Å². The van der Waals surface area contributed by atoms with Gasteiger partial charge in [-0.05, 0) is 163 Å². The van der Waals surface area contributed by atoms with Crippen molar-refractivity contribution in [1.29, 1.82) is 0 Å². The van der Waals surface area contributed by atoms with Gasteiger partial charge in [0.25, 0.3) is 5.56 Å². The Morgan fingerprint density at radius 2 is 1.51 bits per heavy atom. The van der Waals surface area contributed by atoms with E-state index in [0.717, 1.165) is 28.6 Å². The molecule has 4 fully saturated rings. The third-order valence-corrected chi connectivity index (χ3v) is 14.1. The molecule has 3 aromatic carbocycles. The second-order valence-corrected chi connectivity index (χ2v) is 17.8. The maximum absolute atomic E-state index is 13.1. The highest BCUT2D eigenvalue weighted by Crippen LogP contribution is 2.45. The van der Waals surface area contributed by atoms with E-state index in [4.69, 9.17) is 11.6 Å². The molecule has 1 aliphatic carbocycles. The molecule has 2 N–H and O–H groups in total. The molecule has 0 bridgehead atoms. The van der Waals surface area contributed by atoms with Crippen LogP contribution in [0.15, 0.2) is 65.5 Å². The van der Waals surface area contributed by atoms with Crippen molar-refractivity contribution in [3.05, 3.63) is 98.6 Å². The van der Waals surface area contributed by atoms with Crippen molar-refractivity contribution < 1.29 is 9.59 Å². The number of nitrogens with one attached hydrogen (secondary N) is 2. The predicted molar refractivity (Wildman–Crippen MR) is 218 cm³/mol. The fourth-order valence-corrected chi connectivity index (χ4v) is 10.8. The van der Waals surface area contributed by atoms with E-state index >= 15 is 0 Å². The van der Waals surface area contributed by atoms with E-state index in [-0.39, 0.29) is 28.8 Å². The second kappa shape index (κ2) is 14.8. The standard InChI is InChI=1S/C45H53ClN6O3/c1-45(2)35-26-32(10-16-38(35)52-39-5-3-4-36(46)41(39)43(55)49-44(45)52)31-20-24-51(25-21-31)34-13-6-28(7-14-34)27-50-22-18-30(19-23-50)29-8-11-33(12-9-29)47-37-15-17-40(53)48-42(37)54/h3-5,8-12,16,26,28,30-31,34,37,47H,6-7,13-15,17-25,27H2,1-2H3,(H,48,53,54). The van der Waals surface area contributed by atoms with Gasteiger partial charge in [-0.1, -0.05) is 41.9 Å². The van der Waals surface area contributed by atoms with Gasteiger partial charge in [0.1, 0.15) is 11.9 Å². The number of hydrogen-bond acceptors (Lipinski definition) is 7. The summed E-state index contributed by atoms with van der Waals surface area (Å²) in [4.78, 5) is 46.8. The molecule has 55 heavy (non-hydrogen) atoms. The molecule has 1 aromatic heterocycles. The maximum Gasteiger partial charge on any atom is 0.282 e. The Balaban J connectivity index is 0.739. The number of carbonyl (C=O) groups is 2. The highest BCUT2D eigenvalue weighted by atomic mass is 35.5. The van der Waals surface area contributed by atoms with E-state index in [1.54, 1.807) is 6.07 Å². The number of anilines is 1. The first-order chi connectivity index (χ1) is 26.6. The number of likely N-dealkylation sites (tertiary alicyclic amines) is 2. The molecule has 1 atom stereocenters. The van der Waals surface area contributed by atoms with Crippen molar-refractivity contribution >= 4 is 40.0 Å². The molecule has 5 heterocycles. The van der Waals surface area contributed by atoms with Crippen LogP contribution in [0.1, 0.15) is 112 Å². The number of rotatable bonds is 7. The lowest BCUT2D eigenvalue weighted by atomic mass is 9.80. The topological polar surface area (TPSA) is 99.6 Å². The molecule has 4 aliphatic heterocycles. The third-order valence-electron chi connectivity index (χ3n) is 13.8. The Morgan fingerprint density at radius 1 is 0.818 bits per heavy atom. The number of amides is 2. The van der Waals surface area contributed by atoms with Crippen LogP contribution >= 0.6 is 11.6 Å². The molecular formula is C45H53ClN6O3. The van der Waals surface area contributed by atoms with Gasteiger partial charge in [0.15, 0.2) is 0 Å². The zero-order valence-electron chi connectivity index (χ0n) is 32.2. The van der Waals surface area contributed by atoms with Crippen LogP contribution in [0.4, 0.5) is 5.69 Å². The average Bonchev–Trinajstić information content (AvgIpc) is 3.42. The lowest BCUT2D eigenvalue weighted by Gasteiger charge is -2.42. The van der Waals surface area contributed by atoms with E-state index in [0.29, 0.717) is 41.1 Å². The SMILES string of the molecule is CC1(C)c2cc(C3CCN(C4CCC(CN5CCC(c6ccc(NC7CCC(=O)NC7=O)cc6)CC5)CC4)CC3)ccc2-n2c1nc(=O)c1c(Cl)cccc12. The summed E-state index contributed by atoms with van der Waals surface area (Å²) in [5.41, 5.74) is 6.29. The molecule has 9 nitrogen and oxygen atoms in total. The average molecular weight is 761 g/mol. The normalized spacial score (nSPS) is 25.1. The molecule has 0 radical (unpaired) electrons. The fraction of sp³-hybridized carbons (Fsp3) is 0.511. The summed E-state index contributed by atoms with van der Waals surface area (Å²) in [5.74, 6) is 2.31. The molecular weight excluding hydrogens is 708 g/mol. The van der Waals surface area contributed by atoms with Crippen LogP contribution in [0.5, 0.6) is 0 Å². The minimum atomic E-state index is -0.372. The van der Waals surface area contributed by atoms with Crippen molar-refractivity contribution in [2.45, 2.75) is 107 Å². The lowest BCUT2D eigenvalue weighted by molar-refractivity contribution is -0.133. The maximum atomic E-state index is 13.1. The molecule has 10 heteroatoms. The number of carbonyl (C=O) groups excluding carboxylic acids is 2. The van der Waals surface area contributed by atoms with Crippen LogP contribution in [0.3, 0.4) is 0 Å². The Hall–Kier alpha value is -4.05. The van der Waals surface area contributed by atoms with Gasteiger partial charge < -0.3 is 15.1 Å². The summed E-state index contributed by atoms with van der Waals surface area (Å²) in [6, 6.07) is 21.6. The van der Waals surface area contributed by atoms with Crippen LogP contribution in [0.2, 0.25) is 5.02 Å². The first-order valence-electron chi connectivity index (χ1n) is 20.7. The summed E-state index contributed by atoms with van der Waals surface area (Å²) in [6.07, 6.45) is 11.0. The molecule has 5 aliphatic rings. The van der Waals surface area contributed by atoms with Gasteiger partial charge in [0, 0.05) is 24.7 Å². The largest absolute Gasteiger partial charge is 0.374 e. The Morgan fingerprint density at radius 3 is 2.24 bits per heavy atom. The monoisotopic (exact) mass is 760 g/mol. The van der Waals surface area contributed by atoms with Gasteiger partial charge in [-0.2, -0.15) is 4.98 Å². The summed E-state index contributed by atoms with van der Waals surface area (Å²) in [6.45, 7) is 10.3. The first-order valence-corrected chi connectivity index (χ1v) is 21.0. The quantitative estimate of drug-likeness (QED) is 0.188. The van der Waals surface area contributed by atoms with Gasteiger partial charge in [0.05, 0.1) is 27.0 Å². The molecule has 9 rings (SSSR count). The molecule has 0 spiro atoms. The van der Waals surface area contributed by atoms with E-state index in [9.17, 15) is 14.4 Å². The van der Waals surface area contributed by atoms with Gasteiger partial charge in [0.2, 0.25) is 11.8 Å². The minimum absolute atomic E-state index is 0.185. The van der Waals surface area contributed by atoms with Crippen LogP contribution < -0.4 is 16.2 Å². The highest BCUT2D eigenvalue weighted by Gasteiger charge is 2.40. The summed E-state index contributed by atoms with van der Waals surface area (Å²) >= 11 is 6.48. The number of aromatic nitrogens is 2. The minimum Gasteiger partial charge on any atom is -0.374 e. The molecule has 288 valence electrons. The molecule has 1 saturated carbocycles. The van der Waals surface area contributed by atoms with Gasteiger partial charge in [-0.25, -0.2) is 0 Å². The lowest BCUT2D eigenvalue weighted by Crippen LogP contribution is -2.47. The second-order valence-electron chi connectivity index (χ2n) is 17.4. The van der Waals surface area contributed by atoms with Crippen molar-refractivity contribution in [2.24, 2.45) is 5.92 Å². The van der Waals surface area contributed by atoms with Crippen molar-refractivity contribution in [3.63, 3.8) is 0 Å². The number of hydrogen-bond donors (Lipinski definition) is 2. The third kappa shape index (κ3) is 7.02. The Bertz CT molecular complexity index is 2160. The Kier molecular flexibility index (Phi) is 9.84. The van der Waals surface area contributed by atoms with E-state index in [1.807, 2.05) is 12.1 Å². The number of halogens is 1. The zero-order chi connectivity index (χ0) is 37.8.